The Kier molecular flexibility index (Phi) is 6.94. The van der Waals surface area contributed by atoms with Crippen LogP contribution in [-0.4, -0.2) is 45.6 Å². The molecule has 1 rings (SSSR count). The maximum atomic E-state index is 11.9. The molecule has 1 atom stereocenters. The summed E-state index contributed by atoms with van der Waals surface area (Å²) < 4.78 is 0. The van der Waals surface area contributed by atoms with Gasteiger partial charge in [-0.15, -0.1) is 16.9 Å². The molecule has 0 saturated carbocycles. The highest BCUT2D eigenvalue weighted by atomic mass is 32.2. The number of rotatable bonds is 8. The zero-order valence-electron chi connectivity index (χ0n) is 11.1. The summed E-state index contributed by atoms with van der Waals surface area (Å²) in [5.74, 6) is 0.375. The predicted octanol–water partition coefficient (Wildman–Crippen LogP) is 0.318. The van der Waals surface area contributed by atoms with Gasteiger partial charge in [-0.2, -0.15) is 10.3 Å². The number of aromatic nitrogens is 3. The van der Waals surface area contributed by atoms with Gasteiger partial charge in [-0.05, 0) is 6.42 Å². The van der Waals surface area contributed by atoms with E-state index in [2.05, 4.69) is 26.0 Å². The van der Waals surface area contributed by atoms with E-state index in [-0.39, 0.29) is 11.8 Å². The maximum Gasteiger partial charge on any atom is 0.242 e. The summed E-state index contributed by atoms with van der Waals surface area (Å²) in [6.45, 7) is 3.91. The van der Waals surface area contributed by atoms with Crippen LogP contribution in [0.4, 0.5) is 0 Å². The molecule has 0 bridgehead atoms. The SMILES string of the molecule is CCC[C@@H](NC(C)=O)C(=O)NCCSc1cn[nH]n1. The van der Waals surface area contributed by atoms with Crippen LogP contribution in [0.3, 0.4) is 0 Å². The maximum absolute atomic E-state index is 11.9. The molecule has 0 saturated heterocycles. The van der Waals surface area contributed by atoms with Crippen molar-refractivity contribution in [2.75, 3.05) is 12.3 Å². The lowest BCUT2D eigenvalue weighted by atomic mass is 10.1. The van der Waals surface area contributed by atoms with Gasteiger partial charge in [0, 0.05) is 19.2 Å². The van der Waals surface area contributed by atoms with Gasteiger partial charge in [0.15, 0.2) is 0 Å². The minimum absolute atomic E-state index is 0.141. The lowest BCUT2D eigenvalue weighted by Crippen LogP contribution is -2.46. The first kappa shape index (κ1) is 15.5. The average molecular weight is 285 g/mol. The highest BCUT2D eigenvalue weighted by Crippen LogP contribution is 2.10. The molecule has 0 spiro atoms. The molecule has 106 valence electrons. The Labute approximate surface area is 116 Å². The number of nitrogens with one attached hydrogen (secondary N) is 3. The number of carbonyl (C=O) groups is 2. The molecule has 1 aromatic rings. The Bertz CT molecular complexity index is 396. The molecule has 0 fully saturated rings. The van der Waals surface area contributed by atoms with E-state index in [4.69, 9.17) is 0 Å². The zero-order valence-corrected chi connectivity index (χ0v) is 11.9. The van der Waals surface area contributed by atoms with Gasteiger partial charge >= 0.3 is 0 Å². The minimum Gasteiger partial charge on any atom is -0.353 e. The van der Waals surface area contributed by atoms with Crippen LogP contribution in [0.2, 0.25) is 0 Å². The number of hydrogen-bond donors (Lipinski definition) is 3. The predicted molar refractivity (Wildman–Crippen MR) is 72.6 cm³/mol. The van der Waals surface area contributed by atoms with Crippen LogP contribution in [0.5, 0.6) is 0 Å². The summed E-state index contributed by atoms with van der Waals surface area (Å²) in [6, 6.07) is -0.445. The van der Waals surface area contributed by atoms with Crippen LogP contribution in [-0.2, 0) is 9.59 Å². The van der Waals surface area contributed by atoms with E-state index >= 15 is 0 Å². The molecular weight excluding hydrogens is 266 g/mol. The first-order valence-corrected chi connectivity index (χ1v) is 7.15. The monoisotopic (exact) mass is 285 g/mol. The fourth-order valence-electron chi connectivity index (χ4n) is 1.52. The average Bonchev–Trinajstić information content (AvgIpc) is 2.86. The van der Waals surface area contributed by atoms with E-state index in [9.17, 15) is 9.59 Å². The lowest BCUT2D eigenvalue weighted by molar-refractivity contribution is -0.128. The van der Waals surface area contributed by atoms with Crippen molar-refractivity contribution < 1.29 is 9.59 Å². The molecule has 0 aliphatic carbocycles. The summed E-state index contributed by atoms with van der Waals surface area (Å²) in [6.07, 6.45) is 3.11. The van der Waals surface area contributed by atoms with Crippen LogP contribution in [0.1, 0.15) is 26.7 Å². The second kappa shape index (κ2) is 8.52. The number of nitrogens with zero attached hydrogens (tertiary/aromatic N) is 2. The fraction of sp³-hybridized carbons (Fsp3) is 0.636. The molecule has 0 radical (unpaired) electrons. The number of thioether (sulfide) groups is 1. The molecule has 7 nitrogen and oxygen atoms in total. The van der Waals surface area contributed by atoms with Gasteiger partial charge in [0.05, 0.1) is 6.20 Å². The van der Waals surface area contributed by atoms with Crippen LogP contribution >= 0.6 is 11.8 Å². The van der Waals surface area contributed by atoms with Gasteiger partial charge in [0.1, 0.15) is 11.1 Å². The topological polar surface area (TPSA) is 99.8 Å². The number of H-pyrrole nitrogens is 1. The second-order valence-electron chi connectivity index (χ2n) is 3.99. The number of aromatic amines is 1. The van der Waals surface area contributed by atoms with E-state index in [1.165, 1.54) is 18.7 Å². The summed E-state index contributed by atoms with van der Waals surface area (Å²) in [4.78, 5) is 22.9. The minimum atomic E-state index is -0.445. The largest absolute Gasteiger partial charge is 0.353 e. The van der Waals surface area contributed by atoms with E-state index in [0.717, 1.165) is 11.4 Å². The van der Waals surface area contributed by atoms with Gasteiger partial charge in [-0.3, -0.25) is 9.59 Å². The summed E-state index contributed by atoms with van der Waals surface area (Å²) in [5.41, 5.74) is 0. The first-order valence-electron chi connectivity index (χ1n) is 6.17. The molecule has 0 aliphatic heterocycles. The van der Waals surface area contributed by atoms with Crippen LogP contribution in [0.15, 0.2) is 11.2 Å². The molecule has 2 amide bonds. The Balaban J connectivity index is 2.25. The number of amides is 2. The molecule has 0 unspecified atom stereocenters. The molecule has 19 heavy (non-hydrogen) atoms. The second-order valence-corrected chi connectivity index (χ2v) is 5.10. The van der Waals surface area contributed by atoms with Crippen molar-refractivity contribution in [3.05, 3.63) is 6.20 Å². The summed E-state index contributed by atoms with van der Waals surface area (Å²) in [7, 11) is 0. The van der Waals surface area contributed by atoms with Crippen molar-refractivity contribution >= 4 is 23.6 Å². The van der Waals surface area contributed by atoms with E-state index in [0.29, 0.717) is 18.7 Å². The summed E-state index contributed by atoms with van der Waals surface area (Å²) in [5, 5.41) is 16.3. The van der Waals surface area contributed by atoms with Crippen LogP contribution < -0.4 is 10.6 Å². The highest BCUT2D eigenvalue weighted by molar-refractivity contribution is 7.99. The Morgan fingerprint density at radius 2 is 2.32 bits per heavy atom. The van der Waals surface area contributed by atoms with E-state index < -0.39 is 6.04 Å². The standard InChI is InChI=1S/C11H19N5O2S/c1-3-4-9(14-8(2)17)11(18)12-5-6-19-10-7-13-16-15-10/h7,9H,3-6H2,1-2H3,(H,12,18)(H,14,17)(H,13,15,16)/t9-/m1/s1. The van der Waals surface area contributed by atoms with Crippen molar-refractivity contribution in [2.24, 2.45) is 0 Å². The quantitative estimate of drug-likeness (QED) is 0.472. The number of carbonyl (C=O) groups excluding carboxylic acids is 2. The van der Waals surface area contributed by atoms with Crippen molar-refractivity contribution in [3.63, 3.8) is 0 Å². The Morgan fingerprint density at radius 3 is 2.89 bits per heavy atom. The van der Waals surface area contributed by atoms with Gasteiger partial charge in [0.25, 0.3) is 0 Å². The lowest BCUT2D eigenvalue weighted by Gasteiger charge is -2.16. The Morgan fingerprint density at radius 1 is 1.53 bits per heavy atom. The van der Waals surface area contributed by atoms with E-state index in [1.807, 2.05) is 6.92 Å². The van der Waals surface area contributed by atoms with Crippen molar-refractivity contribution in [2.45, 2.75) is 37.8 Å². The molecule has 1 aromatic heterocycles. The molecule has 0 aromatic carbocycles. The number of hydrogen-bond acceptors (Lipinski definition) is 5. The van der Waals surface area contributed by atoms with E-state index in [1.54, 1.807) is 6.20 Å². The molecule has 3 N–H and O–H groups in total. The molecule has 8 heteroatoms. The molecule has 0 aliphatic rings. The van der Waals surface area contributed by atoms with Crippen molar-refractivity contribution in [3.8, 4) is 0 Å². The van der Waals surface area contributed by atoms with Crippen LogP contribution in [0, 0.1) is 0 Å². The van der Waals surface area contributed by atoms with Gasteiger partial charge < -0.3 is 10.6 Å². The Hall–Kier alpha value is -1.57. The first-order chi connectivity index (χ1) is 9.13. The van der Waals surface area contributed by atoms with Gasteiger partial charge in [0.2, 0.25) is 11.8 Å². The summed E-state index contributed by atoms with van der Waals surface area (Å²) >= 11 is 1.50. The normalized spacial score (nSPS) is 11.9. The van der Waals surface area contributed by atoms with Gasteiger partial charge in [-0.1, -0.05) is 13.3 Å². The smallest absolute Gasteiger partial charge is 0.242 e. The van der Waals surface area contributed by atoms with Crippen molar-refractivity contribution in [1.82, 2.24) is 26.0 Å². The zero-order chi connectivity index (χ0) is 14.1. The van der Waals surface area contributed by atoms with Gasteiger partial charge in [-0.25, -0.2) is 0 Å². The highest BCUT2D eigenvalue weighted by Gasteiger charge is 2.17. The molecular formula is C11H19N5O2S. The third-order valence-corrected chi connectivity index (χ3v) is 3.22. The third kappa shape index (κ3) is 6.23. The van der Waals surface area contributed by atoms with Crippen LogP contribution in [0.25, 0.3) is 0 Å². The third-order valence-electron chi connectivity index (χ3n) is 2.32. The molecule has 1 heterocycles. The van der Waals surface area contributed by atoms with Crippen molar-refractivity contribution in [1.29, 1.82) is 0 Å². The fourth-order valence-corrected chi connectivity index (χ4v) is 2.16.